The lowest BCUT2D eigenvalue weighted by molar-refractivity contribution is 0.425. The molecule has 6 aromatic rings. The number of hydrogen-bond acceptors (Lipinski definition) is 8. The first-order valence-electron chi connectivity index (χ1n) is 14.5. The van der Waals surface area contributed by atoms with Crippen LogP contribution in [0.2, 0.25) is 5.15 Å². The summed E-state index contributed by atoms with van der Waals surface area (Å²) >= 11 is 5.61. The highest BCUT2D eigenvalue weighted by molar-refractivity contribution is 6.58. The number of nitrogens with zero attached hydrogens (tertiary/aromatic N) is 4. The van der Waals surface area contributed by atoms with Crippen molar-refractivity contribution in [2.75, 3.05) is 0 Å². The van der Waals surface area contributed by atoms with Crippen molar-refractivity contribution >= 4 is 24.2 Å². The summed E-state index contributed by atoms with van der Waals surface area (Å²) in [5.41, 5.74) is 5.95. The minimum atomic E-state index is -1.44. The maximum Gasteiger partial charge on any atom is 0.488 e. The summed E-state index contributed by atoms with van der Waals surface area (Å²) < 4.78 is 11.3. The van der Waals surface area contributed by atoms with E-state index >= 15 is 0 Å². The molecule has 0 unspecified atom stereocenters. The fourth-order valence-corrected chi connectivity index (χ4v) is 4.19. The summed E-state index contributed by atoms with van der Waals surface area (Å²) in [6.07, 6.45) is 3.44. The molecule has 8 nitrogen and oxygen atoms in total. The monoisotopic (exact) mass is 632 g/mol. The number of halogens is 1. The topological polar surface area (TPSA) is 110 Å². The van der Waals surface area contributed by atoms with E-state index in [1.807, 2.05) is 113 Å². The Labute approximate surface area is 274 Å². The Hall–Kier alpha value is -5.09. The summed E-state index contributed by atoms with van der Waals surface area (Å²) in [5, 5.41) is 18.3. The highest BCUT2D eigenvalue weighted by Gasteiger charge is 2.10. The first-order chi connectivity index (χ1) is 22.2. The van der Waals surface area contributed by atoms with Crippen LogP contribution in [0.5, 0.6) is 23.0 Å². The summed E-state index contributed by atoms with van der Waals surface area (Å²) in [7, 11) is -1.44. The number of aromatic nitrogens is 4. The van der Waals surface area contributed by atoms with Gasteiger partial charge in [-0.25, -0.2) is 4.98 Å². The van der Waals surface area contributed by atoms with Gasteiger partial charge >= 0.3 is 7.12 Å². The van der Waals surface area contributed by atoms with Crippen molar-refractivity contribution < 1.29 is 19.5 Å². The Kier molecular flexibility index (Phi) is 12.4. The quantitative estimate of drug-likeness (QED) is 0.182. The SMILES string of the molecule is Cc1cnc(-c2ccc(Oc3ccccc3)cc2)c(C)n1.Cc1cnc(Cl)c(C)n1.OB(O)c1ccc(Oc2ccccc2)cc1. The molecule has 0 atom stereocenters. The molecule has 0 saturated heterocycles. The molecule has 0 aliphatic heterocycles. The summed E-state index contributed by atoms with van der Waals surface area (Å²) in [6, 6.07) is 33.7. The van der Waals surface area contributed by atoms with Crippen LogP contribution in [0.3, 0.4) is 0 Å². The molecule has 0 bridgehead atoms. The number of aryl methyl sites for hydroxylation is 4. The molecular formula is C36H34BClN4O4. The van der Waals surface area contributed by atoms with Crippen LogP contribution >= 0.6 is 11.6 Å². The molecule has 0 fully saturated rings. The summed E-state index contributed by atoms with van der Waals surface area (Å²) in [4.78, 5) is 16.9. The molecular weight excluding hydrogens is 599 g/mol. The third kappa shape index (κ3) is 10.5. The van der Waals surface area contributed by atoms with E-state index in [2.05, 4.69) is 19.9 Å². The minimum Gasteiger partial charge on any atom is -0.457 e. The second kappa shape index (κ2) is 16.8. The Morgan fingerprint density at radius 1 is 0.543 bits per heavy atom. The van der Waals surface area contributed by atoms with Crippen LogP contribution < -0.4 is 14.9 Å². The van der Waals surface area contributed by atoms with E-state index in [1.165, 1.54) is 0 Å². The van der Waals surface area contributed by atoms with Gasteiger partial charge in [-0.15, -0.1) is 0 Å². The van der Waals surface area contributed by atoms with Gasteiger partial charge in [0.2, 0.25) is 0 Å². The number of hydrogen-bond donors (Lipinski definition) is 2. The Morgan fingerprint density at radius 3 is 1.41 bits per heavy atom. The van der Waals surface area contributed by atoms with E-state index in [4.69, 9.17) is 31.1 Å². The van der Waals surface area contributed by atoms with Crippen LogP contribution in [0.1, 0.15) is 22.8 Å². The maximum absolute atomic E-state index is 8.92. The van der Waals surface area contributed by atoms with Gasteiger partial charge < -0.3 is 19.5 Å². The first-order valence-corrected chi connectivity index (χ1v) is 14.8. The molecule has 46 heavy (non-hydrogen) atoms. The molecule has 6 rings (SSSR count). The lowest BCUT2D eigenvalue weighted by Crippen LogP contribution is -2.29. The predicted octanol–water partition coefficient (Wildman–Crippen LogP) is 7.46. The number of benzene rings is 4. The van der Waals surface area contributed by atoms with Crippen LogP contribution in [0.4, 0.5) is 0 Å². The van der Waals surface area contributed by atoms with E-state index in [1.54, 1.807) is 36.7 Å². The number of rotatable bonds is 6. The van der Waals surface area contributed by atoms with Gasteiger partial charge in [0.05, 0.1) is 28.5 Å². The van der Waals surface area contributed by atoms with Gasteiger partial charge in [-0.3, -0.25) is 15.0 Å². The van der Waals surface area contributed by atoms with Crippen molar-refractivity contribution in [1.82, 2.24) is 19.9 Å². The normalized spacial score (nSPS) is 10.1. The molecule has 4 aromatic carbocycles. The molecule has 0 aliphatic carbocycles. The van der Waals surface area contributed by atoms with E-state index < -0.39 is 7.12 Å². The van der Waals surface area contributed by atoms with Crippen LogP contribution in [-0.4, -0.2) is 37.1 Å². The fraction of sp³-hybridized carbons (Fsp3) is 0.111. The van der Waals surface area contributed by atoms with Gasteiger partial charge in [0.1, 0.15) is 28.2 Å². The van der Waals surface area contributed by atoms with E-state index in [0.29, 0.717) is 16.4 Å². The Morgan fingerprint density at radius 2 is 0.978 bits per heavy atom. The van der Waals surface area contributed by atoms with Gasteiger partial charge in [-0.1, -0.05) is 60.1 Å². The first kappa shape index (κ1) is 33.8. The highest BCUT2D eigenvalue weighted by Crippen LogP contribution is 2.26. The lowest BCUT2D eigenvalue weighted by atomic mass is 9.80. The average Bonchev–Trinajstić information content (AvgIpc) is 3.05. The molecule has 0 amide bonds. The molecule has 2 aromatic heterocycles. The standard InChI is InChI=1S/C18H16N2O.C12H11BO3.C6H7ClN2/c1-13-12-19-18(14(2)20-13)15-8-10-17(11-9-15)21-16-6-4-3-5-7-16;14-13(15)10-6-8-12(9-7-10)16-11-4-2-1-3-5-11;1-4-3-8-6(7)5(2)9-4/h3-12H,1-2H3;1-9,14-15H;3H,1-2H3. The van der Waals surface area contributed by atoms with Gasteiger partial charge in [0.25, 0.3) is 0 Å². The molecule has 0 saturated carbocycles. The van der Waals surface area contributed by atoms with Crippen molar-refractivity contribution in [1.29, 1.82) is 0 Å². The molecule has 0 spiro atoms. The second-order valence-corrected chi connectivity index (χ2v) is 10.5. The predicted molar refractivity (Wildman–Crippen MR) is 183 cm³/mol. The third-order valence-electron chi connectivity index (χ3n) is 6.34. The summed E-state index contributed by atoms with van der Waals surface area (Å²) in [6.45, 7) is 7.64. The zero-order valence-corrected chi connectivity index (χ0v) is 26.8. The van der Waals surface area contributed by atoms with Crippen molar-refractivity contribution in [3.8, 4) is 34.3 Å². The fourth-order valence-electron chi connectivity index (χ4n) is 4.10. The molecule has 0 radical (unpaired) electrons. The molecule has 2 heterocycles. The molecule has 0 aliphatic rings. The zero-order chi connectivity index (χ0) is 32.9. The number of ether oxygens (including phenoxy) is 2. The Balaban J connectivity index is 0.000000170. The van der Waals surface area contributed by atoms with Crippen molar-refractivity contribution in [3.05, 3.63) is 150 Å². The van der Waals surface area contributed by atoms with Crippen molar-refractivity contribution in [2.45, 2.75) is 27.7 Å². The van der Waals surface area contributed by atoms with Crippen molar-refractivity contribution in [3.63, 3.8) is 0 Å². The third-order valence-corrected chi connectivity index (χ3v) is 6.71. The van der Waals surface area contributed by atoms with Crippen LogP contribution in [-0.2, 0) is 0 Å². The Bertz CT molecular complexity index is 1810. The van der Waals surface area contributed by atoms with E-state index in [9.17, 15) is 0 Å². The van der Waals surface area contributed by atoms with E-state index in [0.717, 1.165) is 51.3 Å². The summed E-state index contributed by atoms with van der Waals surface area (Å²) in [5.74, 6) is 3.05. The van der Waals surface area contributed by atoms with Crippen LogP contribution in [0, 0.1) is 27.7 Å². The molecule has 232 valence electrons. The van der Waals surface area contributed by atoms with Crippen LogP contribution in [0.15, 0.2) is 122 Å². The van der Waals surface area contributed by atoms with Gasteiger partial charge in [0, 0.05) is 18.0 Å². The minimum absolute atomic E-state index is 0.445. The van der Waals surface area contributed by atoms with E-state index in [-0.39, 0.29) is 0 Å². The number of para-hydroxylation sites is 2. The van der Waals surface area contributed by atoms with Crippen LogP contribution in [0.25, 0.3) is 11.3 Å². The lowest BCUT2D eigenvalue weighted by Gasteiger charge is -2.08. The smallest absolute Gasteiger partial charge is 0.457 e. The largest absolute Gasteiger partial charge is 0.488 e. The van der Waals surface area contributed by atoms with Crippen molar-refractivity contribution in [2.24, 2.45) is 0 Å². The average molecular weight is 633 g/mol. The molecule has 2 N–H and O–H groups in total. The van der Waals surface area contributed by atoms with Gasteiger partial charge in [-0.05, 0) is 93.8 Å². The highest BCUT2D eigenvalue weighted by atomic mass is 35.5. The maximum atomic E-state index is 8.92. The zero-order valence-electron chi connectivity index (χ0n) is 26.0. The second-order valence-electron chi connectivity index (χ2n) is 10.1. The van der Waals surface area contributed by atoms with Gasteiger partial charge in [-0.2, -0.15) is 0 Å². The molecule has 10 heteroatoms. The van der Waals surface area contributed by atoms with Gasteiger partial charge in [0.15, 0.2) is 0 Å².